The smallest absolute Gasteiger partial charge is 0.251 e. The quantitative estimate of drug-likeness (QED) is 0.138. The number of carbonyl (C=O) groups excluding carboxylic acids is 3. The molecule has 0 saturated carbocycles. The second-order valence-electron chi connectivity index (χ2n) is 12.0. The largest absolute Gasteiger partial charge is 0.350 e. The Morgan fingerprint density at radius 2 is 0.689 bits per heavy atom. The number of benzene rings is 4. The first kappa shape index (κ1) is 33.2. The summed E-state index contributed by atoms with van der Waals surface area (Å²) in [7, 11) is 0. The lowest BCUT2D eigenvalue weighted by Gasteiger charge is -2.18. The van der Waals surface area contributed by atoms with E-state index in [2.05, 4.69) is 52.3 Å². The summed E-state index contributed by atoms with van der Waals surface area (Å²) in [5.74, 6) is -0.935. The van der Waals surface area contributed by atoms with Gasteiger partial charge in [0.25, 0.3) is 17.7 Å². The first-order chi connectivity index (χ1) is 21.8. The summed E-state index contributed by atoms with van der Waals surface area (Å²) in [6.45, 7) is 5.90. The van der Waals surface area contributed by atoms with Gasteiger partial charge in [-0.15, -0.1) is 0 Å². The van der Waals surface area contributed by atoms with Crippen molar-refractivity contribution in [1.29, 1.82) is 0 Å². The molecule has 3 atom stereocenters. The molecule has 4 aromatic carbocycles. The maximum absolute atomic E-state index is 13.4. The first-order valence-electron chi connectivity index (χ1n) is 16.0. The van der Waals surface area contributed by atoms with Crippen LogP contribution in [-0.2, 0) is 19.3 Å². The minimum Gasteiger partial charge on any atom is -0.350 e. The Hall–Kier alpha value is -4.71. The molecule has 0 heterocycles. The number of amides is 3. The van der Waals surface area contributed by atoms with Gasteiger partial charge in [0.05, 0.1) is 0 Å². The molecule has 4 aromatic rings. The maximum atomic E-state index is 13.4. The van der Waals surface area contributed by atoms with Gasteiger partial charge in [-0.05, 0) is 94.2 Å². The molecule has 0 spiro atoms. The van der Waals surface area contributed by atoms with Crippen LogP contribution in [0.5, 0.6) is 0 Å². The topological polar surface area (TPSA) is 87.3 Å². The van der Waals surface area contributed by atoms with Gasteiger partial charge in [0.15, 0.2) is 0 Å². The van der Waals surface area contributed by atoms with Gasteiger partial charge in [0.2, 0.25) is 0 Å². The zero-order chi connectivity index (χ0) is 32.0. The lowest BCUT2D eigenvalue weighted by molar-refractivity contribution is 0.0937. The van der Waals surface area contributed by atoms with Gasteiger partial charge in [-0.1, -0.05) is 91.0 Å². The van der Waals surface area contributed by atoms with Crippen molar-refractivity contribution >= 4 is 17.7 Å². The third-order valence-corrected chi connectivity index (χ3v) is 7.98. The summed E-state index contributed by atoms with van der Waals surface area (Å²) in [4.78, 5) is 40.2. The zero-order valence-corrected chi connectivity index (χ0v) is 26.6. The molecule has 0 aliphatic heterocycles. The predicted octanol–water partition coefficient (Wildman–Crippen LogP) is 6.94. The van der Waals surface area contributed by atoms with E-state index in [0.717, 1.165) is 38.5 Å². The molecule has 0 bridgehead atoms. The van der Waals surface area contributed by atoms with Crippen molar-refractivity contribution in [3.63, 3.8) is 0 Å². The molecule has 0 saturated heterocycles. The minimum atomic E-state index is -0.312. The fourth-order valence-corrected chi connectivity index (χ4v) is 5.24. The van der Waals surface area contributed by atoms with E-state index in [9.17, 15) is 14.4 Å². The van der Waals surface area contributed by atoms with Crippen molar-refractivity contribution in [2.45, 2.75) is 77.4 Å². The third-order valence-electron chi connectivity index (χ3n) is 7.98. The van der Waals surface area contributed by atoms with Crippen molar-refractivity contribution in [3.8, 4) is 0 Å². The summed E-state index contributed by atoms with van der Waals surface area (Å²) in [5, 5.41) is 9.16. The van der Waals surface area contributed by atoms with Crippen LogP contribution < -0.4 is 16.0 Å². The average molecular weight is 604 g/mol. The zero-order valence-electron chi connectivity index (χ0n) is 26.6. The number of aryl methyl sites for hydroxylation is 3. The van der Waals surface area contributed by atoms with Gasteiger partial charge in [-0.25, -0.2) is 0 Å². The van der Waals surface area contributed by atoms with E-state index in [-0.39, 0.29) is 52.5 Å². The SMILES string of the molecule is CC(CCc1ccccc1)NC(=O)c1cc(C(=O)NC(C)CCc2ccccc2)cc(C(=O)NC(C)CCc2ccccc2)c1. The highest BCUT2D eigenvalue weighted by molar-refractivity contribution is 6.04. The molecule has 234 valence electrons. The molecule has 45 heavy (non-hydrogen) atoms. The third kappa shape index (κ3) is 11.1. The second-order valence-corrected chi connectivity index (χ2v) is 12.0. The van der Waals surface area contributed by atoms with Gasteiger partial charge < -0.3 is 16.0 Å². The van der Waals surface area contributed by atoms with Gasteiger partial charge in [0, 0.05) is 34.8 Å². The van der Waals surface area contributed by atoms with Crippen LogP contribution in [0, 0.1) is 0 Å². The van der Waals surface area contributed by atoms with Crippen molar-refractivity contribution in [2.24, 2.45) is 0 Å². The molecule has 3 amide bonds. The van der Waals surface area contributed by atoms with Gasteiger partial charge in [-0.3, -0.25) is 14.4 Å². The van der Waals surface area contributed by atoms with Crippen molar-refractivity contribution in [2.75, 3.05) is 0 Å². The summed E-state index contributed by atoms with van der Waals surface area (Å²) in [6, 6.07) is 34.9. The van der Waals surface area contributed by atoms with Crippen LogP contribution in [0.15, 0.2) is 109 Å². The molecule has 3 N–H and O–H groups in total. The monoisotopic (exact) mass is 603 g/mol. The number of hydrogen-bond donors (Lipinski definition) is 3. The predicted molar refractivity (Wildman–Crippen MR) is 182 cm³/mol. The van der Waals surface area contributed by atoms with Crippen molar-refractivity contribution < 1.29 is 14.4 Å². The Morgan fingerprint density at radius 1 is 0.444 bits per heavy atom. The normalized spacial score (nSPS) is 12.9. The number of rotatable bonds is 15. The van der Waals surface area contributed by atoms with Crippen molar-refractivity contribution in [1.82, 2.24) is 16.0 Å². The number of hydrogen-bond acceptors (Lipinski definition) is 3. The van der Waals surface area contributed by atoms with Gasteiger partial charge in [-0.2, -0.15) is 0 Å². The van der Waals surface area contributed by atoms with E-state index in [0.29, 0.717) is 0 Å². The van der Waals surface area contributed by atoms with Crippen LogP contribution >= 0.6 is 0 Å². The molecule has 0 fully saturated rings. The van der Waals surface area contributed by atoms with Gasteiger partial charge in [0.1, 0.15) is 0 Å². The highest BCUT2D eigenvalue weighted by atomic mass is 16.2. The van der Waals surface area contributed by atoms with Crippen LogP contribution in [0.3, 0.4) is 0 Å². The Balaban J connectivity index is 1.45. The van der Waals surface area contributed by atoms with Crippen molar-refractivity contribution in [3.05, 3.63) is 143 Å². The molecular weight excluding hydrogens is 558 g/mol. The lowest BCUT2D eigenvalue weighted by atomic mass is 10.0. The summed E-state index contributed by atoms with van der Waals surface area (Å²) < 4.78 is 0. The van der Waals surface area contributed by atoms with E-state index in [1.165, 1.54) is 16.7 Å². The van der Waals surface area contributed by atoms with Crippen LogP contribution in [-0.4, -0.2) is 35.8 Å². The molecule has 0 aliphatic rings. The Morgan fingerprint density at radius 3 is 0.933 bits per heavy atom. The van der Waals surface area contributed by atoms with E-state index >= 15 is 0 Å². The molecule has 0 aliphatic carbocycles. The van der Waals surface area contributed by atoms with E-state index in [4.69, 9.17) is 0 Å². The second kappa shape index (κ2) is 17.0. The molecular formula is C39H45N3O3. The van der Waals surface area contributed by atoms with Crippen LogP contribution in [0.2, 0.25) is 0 Å². The highest BCUT2D eigenvalue weighted by Crippen LogP contribution is 2.15. The number of carbonyl (C=O) groups is 3. The maximum Gasteiger partial charge on any atom is 0.251 e. The Bertz CT molecular complexity index is 1330. The number of nitrogens with one attached hydrogen (secondary N) is 3. The molecule has 6 nitrogen and oxygen atoms in total. The summed E-state index contributed by atoms with van der Waals surface area (Å²) >= 11 is 0. The fourth-order valence-electron chi connectivity index (χ4n) is 5.24. The summed E-state index contributed by atoms with van der Waals surface area (Å²) in [6.07, 6.45) is 4.80. The molecule has 3 unspecified atom stereocenters. The minimum absolute atomic E-state index is 0.0940. The van der Waals surface area contributed by atoms with Crippen LogP contribution in [0.25, 0.3) is 0 Å². The van der Waals surface area contributed by atoms with Gasteiger partial charge >= 0.3 is 0 Å². The highest BCUT2D eigenvalue weighted by Gasteiger charge is 2.20. The molecule has 6 heteroatoms. The Kier molecular flexibility index (Phi) is 12.5. The molecule has 0 aromatic heterocycles. The fraction of sp³-hybridized carbons (Fsp3) is 0.308. The van der Waals surface area contributed by atoms with E-state index in [1.807, 2.05) is 75.4 Å². The lowest BCUT2D eigenvalue weighted by Crippen LogP contribution is -2.36. The Labute approximate surface area is 267 Å². The average Bonchev–Trinajstić information content (AvgIpc) is 3.06. The molecule has 4 rings (SSSR count). The van der Waals surface area contributed by atoms with E-state index in [1.54, 1.807) is 18.2 Å². The molecule has 0 radical (unpaired) electrons. The van der Waals surface area contributed by atoms with E-state index < -0.39 is 0 Å². The van der Waals surface area contributed by atoms with Crippen LogP contribution in [0.1, 0.15) is 87.8 Å². The standard InChI is InChI=1S/C39H45N3O3/c1-28(19-22-31-13-7-4-8-14-31)40-37(43)34-25-35(38(44)41-29(2)20-23-32-15-9-5-10-16-32)27-36(26-34)39(45)42-30(3)21-24-33-17-11-6-12-18-33/h4-18,25-30H,19-24H2,1-3H3,(H,40,43)(H,41,44)(H,42,45). The summed E-state index contributed by atoms with van der Waals surface area (Å²) in [5.41, 5.74) is 4.48. The first-order valence-corrected chi connectivity index (χ1v) is 16.0. The van der Waals surface area contributed by atoms with Crippen LogP contribution in [0.4, 0.5) is 0 Å².